The fraction of sp³-hybridized carbons (Fsp3) is 0.333. The van der Waals surface area contributed by atoms with E-state index in [1.165, 1.54) is 32.4 Å². The molecule has 0 bridgehead atoms. The molecule has 0 aliphatic carbocycles. The number of benzene rings is 2. The summed E-state index contributed by atoms with van der Waals surface area (Å²) in [6.45, 7) is 5.21. The molecule has 1 saturated heterocycles. The second-order valence-electron chi connectivity index (χ2n) is 8.59. The van der Waals surface area contributed by atoms with E-state index in [0.29, 0.717) is 27.5 Å². The predicted octanol–water partition coefficient (Wildman–Crippen LogP) is 2.82. The van der Waals surface area contributed by atoms with Gasteiger partial charge in [0, 0.05) is 30.6 Å². The number of nitrogens with one attached hydrogen (secondary N) is 2. The molecule has 2 aromatic heterocycles. The van der Waals surface area contributed by atoms with Gasteiger partial charge in [0.2, 0.25) is 5.58 Å². The predicted molar refractivity (Wildman–Crippen MR) is 133 cm³/mol. The number of H-pyrrole nitrogens is 1. The van der Waals surface area contributed by atoms with Crippen LogP contribution in [0.1, 0.15) is 24.8 Å². The van der Waals surface area contributed by atoms with Gasteiger partial charge in [-0.15, -0.1) is 0 Å². The number of piperidine rings is 1. The number of furan rings is 1. The summed E-state index contributed by atoms with van der Waals surface area (Å²) in [6, 6.07) is 11.7. The van der Waals surface area contributed by atoms with E-state index < -0.39 is 0 Å². The lowest BCUT2D eigenvalue weighted by molar-refractivity contribution is 0.229. The van der Waals surface area contributed by atoms with Crippen LogP contribution in [0, 0.1) is 0 Å². The maximum absolute atomic E-state index is 12.7. The van der Waals surface area contributed by atoms with Crippen LogP contribution in [0.2, 0.25) is 5.02 Å². The van der Waals surface area contributed by atoms with E-state index in [2.05, 4.69) is 15.2 Å². The summed E-state index contributed by atoms with van der Waals surface area (Å²) in [5, 5.41) is 4.90. The van der Waals surface area contributed by atoms with Crippen LogP contribution < -0.4 is 16.3 Å². The number of aromatic amines is 1. The molecule has 0 saturated carbocycles. The summed E-state index contributed by atoms with van der Waals surface area (Å²) in [5.74, 6) is 0.446. The maximum atomic E-state index is 12.7. The van der Waals surface area contributed by atoms with Gasteiger partial charge in [0.05, 0.1) is 5.02 Å². The molecule has 6 nitrogen and oxygen atoms in total. The first kappa shape index (κ1) is 21.3. The highest BCUT2D eigenvalue weighted by Crippen LogP contribution is 2.29. The summed E-state index contributed by atoms with van der Waals surface area (Å²) in [6.07, 6.45) is 3.98. The molecule has 4 aromatic rings. The number of hydrogen-bond acceptors (Lipinski definition) is 5. The van der Waals surface area contributed by atoms with Crippen LogP contribution in [0.5, 0.6) is 0 Å². The van der Waals surface area contributed by atoms with Crippen molar-refractivity contribution in [2.75, 3.05) is 26.2 Å². The molecule has 2 N–H and O–H groups in total. The molecule has 2 aromatic carbocycles. The first-order chi connectivity index (χ1) is 15.6. The highest BCUT2D eigenvalue weighted by Gasteiger charge is 2.16. The van der Waals surface area contributed by atoms with Gasteiger partial charge in [0.15, 0.2) is 0 Å². The van der Waals surface area contributed by atoms with E-state index in [1.54, 1.807) is 0 Å². The number of fused-ring (bicyclic) bond motifs is 3. The van der Waals surface area contributed by atoms with Crippen molar-refractivity contribution in [1.29, 1.82) is 0 Å². The monoisotopic (exact) mass is 448 g/mol. The van der Waals surface area contributed by atoms with Crippen molar-refractivity contribution in [3.05, 3.63) is 57.3 Å². The minimum absolute atomic E-state index is 0.236. The van der Waals surface area contributed by atoms with Gasteiger partial charge in [0.1, 0.15) is 24.8 Å². The summed E-state index contributed by atoms with van der Waals surface area (Å²) in [7, 11) is 2.00. The van der Waals surface area contributed by atoms with Gasteiger partial charge < -0.3 is 19.6 Å². The zero-order chi connectivity index (χ0) is 22.1. The summed E-state index contributed by atoms with van der Waals surface area (Å²) >= 11 is 6.60. The zero-order valence-electron chi connectivity index (χ0n) is 18.2. The normalized spacial score (nSPS) is 15.0. The zero-order valence-corrected chi connectivity index (χ0v) is 19.0. The fourth-order valence-corrected chi connectivity index (χ4v) is 4.70. The SMILES string of the molecule is Bc1ccc2oc3c(=O)[nH]c(-c4ccc(CNCCN5CCCCC5)cc4Cl)nc3c2c1. The lowest BCUT2D eigenvalue weighted by atomic mass is 9.95. The average Bonchev–Trinajstić information content (AvgIpc) is 3.16. The molecule has 1 aliphatic heterocycles. The number of likely N-dealkylation sites (tertiary alicyclic amines) is 1. The van der Waals surface area contributed by atoms with Gasteiger partial charge in [0.25, 0.3) is 5.56 Å². The molecule has 8 heteroatoms. The van der Waals surface area contributed by atoms with Crippen LogP contribution in [0.15, 0.2) is 45.6 Å². The quantitative estimate of drug-likeness (QED) is 0.350. The molecule has 0 unspecified atom stereocenters. The van der Waals surface area contributed by atoms with Crippen molar-refractivity contribution in [3.63, 3.8) is 0 Å². The molecule has 32 heavy (non-hydrogen) atoms. The third-order valence-corrected chi connectivity index (χ3v) is 6.46. The number of aromatic nitrogens is 2. The summed E-state index contributed by atoms with van der Waals surface area (Å²) in [4.78, 5) is 22.7. The number of hydrogen-bond donors (Lipinski definition) is 2. The minimum Gasteiger partial charge on any atom is -0.449 e. The average molecular weight is 449 g/mol. The lowest BCUT2D eigenvalue weighted by Crippen LogP contribution is -2.35. The third-order valence-electron chi connectivity index (χ3n) is 6.15. The Labute approximate surface area is 192 Å². The molecular weight excluding hydrogens is 423 g/mol. The Morgan fingerprint density at radius 1 is 1.16 bits per heavy atom. The van der Waals surface area contributed by atoms with Crippen LogP contribution in [0.3, 0.4) is 0 Å². The Kier molecular flexibility index (Phi) is 6.04. The molecule has 0 radical (unpaired) electrons. The lowest BCUT2D eigenvalue weighted by Gasteiger charge is -2.26. The van der Waals surface area contributed by atoms with Gasteiger partial charge in [-0.3, -0.25) is 4.79 Å². The topological polar surface area (TPSA) is 74.2 Å². The van der Waals surface area contributed by atoms with Crippen LogP contribution in [-0.4, -0.2) is 48.9 Å². The fourth-order valence-electron chi connectivity index (χ4n) is 4.41. The molecule has 0 atom stereocenters. The Morgan fingerprint density at radius 3 is 2.81 bits per heavy atom. The van der Waals surface area contributed by atoms with Crippen LogP contribution in [0.4, 0.5) is 0 Å². The highest BCUT2D eigenvalue weighted by molar-refractivity contribution is 6.34. The van der Waals surface area contributed by atoms with Crippen molar-refractivity contribution >= 4 is 47.0 Å². The molecule has 1 aliphatic rings. The van der Waals surface area contributed by atoms with Gasteiger partial charge >= 0.3 is 0 Å². The van der Waals surface area contributed by atoms with Gasteiger partial charge in [-0.1, -0.05) is 41.7 Å². The van der Waals surface area contributed by atoms with E-state index in [-0.39, 0.29) is 11.1 Å². The van der Waals surface area contributed by atoms with Gasteiger partial charge in [-0.25, -0.2) is 4.98 Å². The summed E-state index contributed by atoms with van der Waals surface area (Å²) < 4.78 is 5.73. The first-order valence-corrected chi connectivity index (χ1v) is 11.6. The third kappa shape index (κ3) is 4.33. The maximum Gasteiger partial charge on any atom is 0.294 e. The molecule has 0 spiro atoms. The molecule has 164 valence electrons. The second-order valence-corrected chi connectivity index (χ2v) is 8.99. The van der Waals surface area contributed by atoms with Gasteiger partial charge in [-0.05, 0) is 49.7 Å². The molecule has 5 rings (SSSR count). The van der Waals surface area contributed by atoms with Crippen LogP contribution >= 0.6 is 11.6 Å². The van der Waals surface area contributed by atoms with Crippen molar-refractivity contribution in [3.8, 4) is 11.4 Å². The van der Waals surface area contributed by atoms with Crippen LogP contribution in [-0.2, 0) is 6.54 Å². The van der Waals surface area contributed by atoms with E-state index in [4.69, 9.17) is 21.0 Å². The van der Waals surface area contributed by atoms with Crippen molar-refractivity contribution in [2.24, 2.45) is 0 Å². The van der Waals surface area contributed by atoms with E-state index >= 15 is 0 Å². The van der Waals surface area contributed by atoms with Crippen molar-refractivity contribution in [1.82, 2.24) is 20.2 Å². The Hall–Kier alpha value is -2.61. The highest BCUT2D eigenvalue weighted by atomic mass is 35.5. The molecule has 0 amide bonds. The first-order valence-electron chi connectivity index (χ1n) is 11.2. The van der Waals surface area contributed by atoms with Crippen molar-refractivity contribution in [2.45, 2.75) is 25.8 Å². The molecular formula is C24H26BClN4O2. The Bertz CT molecular complexity index is 1330. The number of rotatable bonds is 6. The van der Waals surface area contributed by atoms with E-state index in [0.717, 1.165) is 36.0 Å². The Balaban J connectivity index is 1.35. The van der Waals surface area contributed by atoms with Gasteiger partial charge in [-0.2, -0.15) is 0 Å². The number of halogens is 1. The Morgan fingerprint density at radius 2 is 2.00 bits per heavy atom. The molecule has 1 fully saturated rings. The largest absolute Gasteiger partial charge is 0.449 e. The smallest absolute Gasteiger partial charge is 0.294 e. The number of nitrogens with zero attached hydrogens (tertiary/aromatic N) is 2. The van der Waals surface area contributed by atoms with Crippen LogP contribution in [0.25, 0.3) is 33.5 Å². The second kappa shape index (κ2) is 9.10. The minimum atomic E-state index is -0.307. The summed E-state index contributed by atoms with van der Waals surface area (Å²) in [5.41, 5.74) is 4.02. The molecule has 3 heterocycles. The van der Waals surface area contributed by atoms with Crippen molar-refractivity contribution < 1.29 is 4.42 Å². The van der Waals surface area contributed by atoms with E-state index in [9.17, 15) is 4.79 Å². The van der Waals surface area contributed by atoms with E-state index in [1.807, 2.05) is 44.2 Å². The standard InChI is InChI=1S/C24H26BClN4O2/c25-16-5-7-20-18(13-16)21-22(32-20)24(31)29-23(28-21)17-6-4-15(12-19(17)26)14-27-8-11-30-9-2-1-3-10-30/h4-7,12-13,27H,1-3,8-11,14,25H2,(H,28,29,31).